The highest BCUT2D eigenvalue weighted by Gasteiger charge is 2.38. The molecule has 1 saturated carbocycles. The minimum absolute atomic E-state index is 0.0890. The van der Waals surface area contributed by atoms with E-state index in [1.165, 1.54) is 13.5 Å². The van der Waals surface area contributed by atoms with Crippen molar-refractivity contribution in [2.24, 2.45) is 5.92 Å². The molecule has 7 nitrogen and oxygen atoms in total. The largest absolute Gasteiger partial charge is 0.453 e. The van der Waals surface area contributed by atoms with Gasteiger partial charge in [-0.3, -0.25) is 4.79 Å². The second-order valence-corrected chi connectivity index (χ2v) is 8.97. The highest BCUT2D eigenvalue weighted by molar-refractivity contribution is 9.10. The monoisotopic (exact) mass is 486 g/mol. The number of halogens is 1. The van der Waals surface area contributed by atoms with Gasteiger partial charge in [-0.15, -0.1) is 0 Å². The fourth-order valence-corrected chi connectivity index (χ4v) is 4.72. The molecule has 1 fully saturated rings. The lowest BCUT2D eigenvalue weighted by atomic mass is 9.83. The van der Waals surface area contributed by atoms with Crippen molar-refractivity contribution in [3.8, 4) is 11.3 Å². The maximum atomic E-state index is 13.6. The topological polar surface area (TPSA) is 87.3 Å². The van der Waals surface area contributed by atoms with E-state index < -0.39 is 12.1 Å². The lowest BCUT2D eigenvalue weighted by Gasteiger charge is -2.34. The van der Waals surface area contributed by atoms with E-state index in [1.807, 2.05) is 42.6 Å². The van der Waals surface area contributed by atoms with Gasteiger partial charge in [-0.25, -0.2) is 9.78 Å². The molecule has 1 aromatic heterocycles. The van der Waals surface area contributed by atoms with Crippen LogP contribution in [0.5, 0.6) is 0 Å². The Morgan fingerprint density at radius 1 is 1.23 bits per heavy atom. The highest BCUT2D eigenvalue weighted by atomic mass is 79.9. The zero-order valence-electron chi connectivity index (χ0n) is 17.5. The van der Waals surface area contributed by atoms with Crippen LogP contribution in [0.25, 0.3) is 11.3 Å². The summed E-state index contributed by atoms with van der Waals surface area (Å²) in [6, 6.07) is 7.07. The molecular formula is C23H27BrN4O3. The number of methoxy groups -OCH3 is 1. The minimum Gasteiger partial charge on any atom is -0.453 e. The van der Waals surface area contributed by atoms with E-state index in [2.05, 4.69) is 26.2 Å². The van der Waals surface area contributed by atoms with Gasteiger partial charge in [0.25, 0.3) is 0 Å². The molecule has 2 aromatic rings. The first-order valence-electron chi connectivity index (χ1n) is 10.7. The second kappa shape index (κ2) is 9.68. The molecule has 2 N–H and O–H groups in total. The van der Waals surface area contributed by atoms with Crippen LogP contribution in [-0.2, 0) is 9.53 Å². The number of hydrogen-bond acceptors (Lipinski definition) is 4. The van der Waals surface area contributed by atoms with Crippen molar-refractivity contribution < 1.29 is 14.3 Å². The molecular weight excluding hydrogens is 460 g/mol. The van der Waals surface area contributed by atoms with Gasteiger partial charge in [-0.2, -0.15) is 0 Å². The summed E-state index contributed by atoms with van der Waals surface area (Å²) in [5.74, 6) is 0.742. The molecule has 0 radical (unpaired) electrons. The molecule has 1 aromatic carbocycles. The Morgan fingerprint density at radius 2 is 1.97 bits per heavy atom. The predicted molar refractivity (Wildman–Crippen MR) is 121 cm³/mol. The molecule has 0 saturated heterocycles. The van der Waals surface area contributed by atoms with Gasteiger partial charge in [0, 0.05) is 22.8 Å². The molecule has 2 atom stereocenters. The zero-order chi connectivity index (χ0) is 21.8. The Balaban J connectivity index is 1.54. The fraction of sp³-hybridized carbons (Fsp3) is 0.435. The van der Waals surface area contributed by atoms with Crippen molar-refractivity contribution in [1.82, 2.24) is 20.2 Å². The average molecular weight is 487 g/mol. The lowest BCUT2D eigenvalue weighted by Crippen LogP contribution is -2.52. The first kappa shape index (κ1) is 21.6. The summed E-state index contributed by atoms with van der Waals surface area (Å²) >= 11 is 3.45. The number of nitrogens with zero attached hydrogens (tertiary/aromatic N) is 2. The molecule has 4 rings (SSSR count). The van der Waals surface area contributed by atoms with E-state index in [-0.39, 0.29) is 17.9 Å². The van der Waals surface area contributed by atoms with Crippen LogP contribution in [0.15, 0.2) is 47.1 Å². The number of aromatic nitrogens is 2. The molecule has 1 unspecified atom stereocenters. The molecule has 0 bridgehead atoms. The summed E-state index contributed by atoms with van der Waals surface area (Å²) in [6.45, 7) is 0.490. The van der Waals surface area contributed by atoms with Crippen LogP contribution in [0.1, 0.15) is 44.0 Å². The van der Waals surface area contributed by atoms with Crippen molar-refractivity contribution >= 4 is 27.9 Å². The summed E-state index contributed by atoms with van der Waals surface area (Å²) < 4.78 is 5.81. The summed E-state index contributed by atoms with van der Waals surface area (Å²) in [4.78, 5) is 35.3. The number of rotatable bonds is 5. The van der Waals surface area contributed by atoms with Crippen LogP contribution in [0.2, 0.25) is 0 Å². The van der Waals surface area contributed by atoms with E-state index in [4.69, 9.17) is 9.72 Å². The number of hydrogen-bond donors (Lipinski definition) is 2. The number of alkyl carbamates (subject to hydrolysis) is 1. The maximum Gasteiger partial charge on any atom is 0.407 e. The first-order chi connectivity index (χ1) is 15.1. The van der Waals surface area contributed by atoms with Gasteiger partial charge in [-0.1, -0.05) is 59.5 Å². The van der Waals surface area contributed by atoms with Crippen LogP contribution in [-0.4, -0.2) is 46.6 Å². The summed E-state index contributed by atoms with van der Waals surface area (Å²) in [7, 11) is 1.32. The van der Waals surface area contributed by atoms with Crippen LogP contribution >= 0.6 is 15.9 Å². The van der Waals surface area contributed by atoms with E-state index >= 15 is 0 Å². The molecule has 2 amide bonds. The van der Waals surface area contributed by atoms with Gasteiger partial charge >= 0.3 is 6.09 Å². The number of amides is 2. The number of ether oxygens (including phenoxy) is 1. The van der Waals surface area contributed by atoms with Gasteiger partial charge in [0.15, 0.2) is 0 Å². The van der Waals surface area contributed by atoms with Crippen molar-refractivity contribution in [3.05, 3.63) is 52.9 Å². The van der Waals surface area contributed by atoms with E-state index in [0.717, 1.165) is 41.4 Å². The van der Waals surface area contributed by atoms with E-state index in [1.54, 1.807) is 4.90 Å². The SMILES string of the molecule is COC(=O)NC(C(=O)N1CC=C[C@H]1c1nc(-c2ccc(Br)cc2)c[nH]1)C1CCCCC1. The number of H-pyrrole nitrogens is 1. The summed E-state index contributed by atoms with van der Waals surface area (Å²) in [5.41, 5.74) is 1.82. The number of nitrogens with one attached hydrogen (secondary N) is 2. The molecule has 0 spiro atoms. The van der Waals surface area contributed by atoms with Gasteiger partial charge < -0.3 is 19.9 Å². The Bertz CT molecular complexity index is 950. The fourth-order valence-electron chi connectivity index (χ4n) is 4.46. The minimum atomic E-state index is -0.587. The van der Waals surface area contributed by atoms with Gasteiger partial charge in [0.2, 0.25) is 5.91 Å². The Kier molecular flexibility index (Phi) is 6.75. The average Bonchev–Trinajstić information content (AvgIpc) is 3.47. The van der Waals surface area contributed by atoms with E-state index in [0.29, 0.717) is 12.4 Å². The standard InChI is InChI=1S/C23H27BrN4O3/c1-31-23(30)27-20(16-6-3-2-4-7-16)22(29)28-13-5-8-19(28)21-25-14-18(26-21)15-9-11-17(24)12-10-15/h5,8-12,14,16,19-20H,2-4,6-7,13H2,1H3,(H,25,26)(H,27,30)/t19-,20?/m0/s1. The quantitative estimate of drug-likeness (QED) is 0.605. The van der Waals surface area contributed by atoms with Crippen molar-refractivity contribution in [1.29, 1.82) is 0 Å². The Labute approximate surface area is 190 Å². The summed E-state index contributed by atoms with van der Waals surface area (Å²) in [5, 5.41) is 2.81. The van der Waals surface area contributed by atoms with Crippen LogP contribution < -0.4 is 5.32 Å². The van der Waals surface area contributed by atoms with Gasteiger partial charge in [0.05, 0.1) is 12.8 Å². The van der Waals surface area contributed by atoms with Crippen LogP contribution in [0.3, 0.4) is 0 Å². The normalized spacial score (nSPS) is 19.9. The molecule has 2 heterocycles. The maximum absolute atomic E-state index is 13.6. The number of aromatic amines is 1. The lowest BCUT2D eigenvalue weighted by molar-refractivity contribution is -0.135. The van der Waals surface area contributed by atoms with Crippen molar-refractivity contribution in [3.63, 3.8) is 0 Å². The van der Waals surface area contributed by atoms with Gasteiger partial charge in [0.1, 0.15) is 17.9 Å². The highest BCUT2D eigenvalue weighted by Crippen LogP contribution is 2.32. The number of carbonyl (C=O) groups excluding carboxylic acids is 2. The molecule has 164 valence electrons. The molecule has 8 heteroatoms. The first-order valence-corrected chi connectivity index (χ1v) is 11.5. The van der Waals surface area contributed by atoms with Crippen LogP contribution in [0.4, 0.5) is 4.79 Å². The smallest absolute Gasteiger partial charge is 0.407 e. The zero-order valence-corrected chi connectivity index (χ0v) is 19.1. The number of carbonyl (C=O) groups is 2. The van der Waals surface area contributed by atoms with Crippen LogP contribution in [0, 0.1) is 5.92 Å². The molecule has 2 aliphatic rings. The van der Waals surface area contributed by atoms with Gasteiger partial charge in [-0.05, 0) is 30.9 Å². The molecule has 1 aliphatic heterocycles. The third kappa shape index (κ3) is 4.84. The number of benzene rings is 1. The second-order valence-electron chi connectivity index (χ2n) is 8.05. The van der Waals surface area contributed by atoms with Crippen molar-refractivity contribution in [2.45, 2.75) is 44.2 Å². The summed E-state index contributed by atoms with van der Waals surface area (Å²) in [6.07, 6.45) is 10.4. The van der Waals surface area contributed by atoms with Crippen molar-refractivity contribution in [2.75, 3.05) is 13.7 Å². The molecule has 1 aliphatic carbocycles. The Morgan fingerprint density at radius 3 is 2.68 bits per heavy atom. The third-order valence-electron chi connectivity index (χ3n) is 6.10. The molecule has 31 heavy (non-hydrogen) atoms. The van der Waals surface area contributed by atoms with E-state index in [9.17, 15) is 9.59 Å². The number of imidazole rings is 1. The predicted octanol–water partition coefficient (Wildman–Crippen LogP) is 4.58. The Hall–Kier alpha value is -2.61. The third-order valence-corrected chi connectivity index (χ3v) is 6.63.